The molecule has 3 rings (SSSR count). The van der Waals surface area contributed by atoms with Gasteiger partial charge in [-0.2, -0.15) is 0 Å². The monoisotopic (exact) mass is 459 g/mol. The number of aliphatic hydroxyl groups is 1. The lowest BCUT2D eigenvalue weighted by Gasteiger charge is -2.47. The molecule has 0 bridgehead atoms. The zero-order chi connectivity index (χ0) is 24.7. The molecule has 2 fully saturated rings. The first-order valence-electron chi connectivity index (χ1n) is 12.5. The summed E-state index contributed by atoms with van der Waals surface area (Å²) in [5.41, 5.74) is 0.0252. The Bertz CT molecular complexity index is 909. The van der Waals surface area contributed by atoms with Crippen molar-refractivity contribution in [3.8, 4) is 0 Å². The Labute approximate surface area is 198 Å². The Balaban J connectivity index is 2.00. The molecule has 0 aromatic heterocycles. The Morgan fingerprint density at radius 2 is 1.97 bits per heavy atom. The third kappa shape index (κ3) is 4.96. The van der Waals surface area contributed by atoms with Crippen LogP contribution in [0.25, 0.3) is 0 Å². The van der Waals surface area contributed by atoms with Gasteiger partial charge in [0.25, 0.3) is 0 Å². The number of hydrogen-bond donors (Lipinski definition) is 3. The number of rotatable bonds is 8. The standard InChI is InChI=1S/C27H42FN3O2/c1-8-27(33)14-17(4)13-19(15-27)31(16(2)3)25(32)26(5,6)24(29)23-21(30-7)12-11-20(28)22(23)18-9-10-18/h11-12,16-19,29-30,33H,8-10,13-15H2,1-7H3. The molecule has 5 nitrogen and oxygen atoms in total. The van der Waals surface area contributed by atoms with E-state index in [0.717, 1.165) is 25.7 Å². The van der Waals surface area contributed by atoms with Crippen LogP contribution in [-0.4, -0.2) is 46.4 Å². The fraction of sp³-hybridized carbons (Fsp3) is 0.704. The molecule has 1 aromatic rings. The largest absolute Gasteiger partial charge is 0.390 e. The second kappa shape index (κ2) is 9.36. The van der Waals surface area contributed by atoms with Gasteiger partial charge in [-0.05, 0) is 90.2 Å². The van der Waals surface area contributed by atoms with E-state index in [0.29, 0.717) is 35.6 Å². The van der Waals surface area contributed by atoms with Gasteiger partial charge in [-0.15, -0.1) is 0 Å². The molecule has 3 atom stereocenters. The van der Waals surface area contributed by atoms with Crippen LogP contribution in [0.15, 0.2) is 12.1 Å². The molecule has 0 saturated heterocycles. The van der Waals surface area contributed by atoms with Gasteiger partial charge in [0.05, 0.1) is 16.7 Å². The molecule has 33 heavy (non-hydrogen) atoms. The van der Waals surface area contributed by atoms with E-state index in [1.807, 2.05) is 25.7 Å². The van der Waals surface area contributed by atoms with Crippen LogP contribution in [-0.2, 0) is 4.79 Å². The van der Waals surface area contributed by atoms with E-state index in [4.69, 9.17) is 5.41 Å². The summed E-state index contributed by atoms with van der Waals surface area (Å²) >= 11 is 0. The molecule has 2 aliphatic carbocycles. The number of anilines is 1. The lowest BCUT2D eigenvalue weighted by molar-refractivity contribution is -0.146. The summed E-state index contributed by atoms with van der Waals surface area (Å²) in [6.45, 7) is 11.7. The van der Waals surface area contributed by atoms with Crippen molar-refractivity contribution in [2.24, 2.45) is 11.3 Å². The zero-order valence-electron chi connectivity index (χ0n) is 21.4. The molecule has 3 N–H and O–H groups in total. The Kier molecular flexibility index (Phi) is 7.28. The highest BCUT2D eigenvalue weighted by atomic mass is 19.1. The first-order valence-corrected chi connectivity index (χ1v) is 12.5. The van der Waals surface area contributed by atoms with E-state index in [9.17, 15) is 14.3 Å². The summed E-state index contributed by atoms with van der Waals surface area (Å²) < 4.78 is 14.9. The zero-order valence-corrected chi connectivity index (χ0v) is 21.4. The van der Waals surface area contributed by atoms with Crippen LogP contribution in [0.5, 0.6) is 0 Å². The van der Waals surface area contributed by atoms with Gasteiger partial charge in [0.15, 0.2) is 0 Å². The molecule has 1 aromatic carbocycles. The van der Waals surface area contributed by atoms with E-state index < -0.39 is 11.0 Å². The molecule has 0 spiro atoms. The number of amides is 1. The molecule has 0 heterocycles. The fourth-order valence-corrected chi connectivity index (χ4v) is 5.71. The second-order valence-corrected chi connectivity index (χ2v) is 11.2. The molecule has 3 unspecified atom stereocenters. The maximum atomic E-state index is 14.9. The Morgan fingerprint density at radius 1 is 1.33 bits per heavy atom. The minimum Gasteiger partial charge on any atom is -0.390 e. The lowest BCUT2D eigenvalue weighted by atomic mass is 9.73. The van der Waals surface area contributed by atoms with Gasteiger partial charge in [-0.25, -0.2) is 4.39 Å². The normalized spacial score (nSPS) is 25.8. The average Bonchev–Trinajstić information content (AvgIpc) is 3.57. The minimum absolute atomic E-state index is 0.0693. The summed E-state index contributed by atoms with van der Waals surface area (Å²) in [5, 5.41) is 23.4. The smallest absolute Gasteiger partial charge is 0.234 e. The summed E-state index contributed by atoms with van der Waals surface area (Å²) in [6, 6.07) is 2.97. The van der Waals surface area contributed by atoms with Gasteiger partial charge in [0.1, 0.15) is 5.82 Å². The van der Waals surface area contributed by atoms with Crippen molar-refractivity contribution in [1.82, 2.24) is 4.90 Å². The highest BCUT2D eigenvalue weighted by molar-refractivity contribution is 6.17. The maximum Gasteiger partial charge on any atom is 0.234 e. The van der Waals surface area contributed by atoms with Crippen LogP contribution in [0.2, 0.25) is 0 Å². The number of benzene rings is 1. The van der Waals surface area contributed by atoms with Crippen LogP contribution in [0.3, 0.4) is 0 Å². The van der Waals surface area contributed by atoms with Crippen molar-refractivity contribution >= 4 is 17.3 Å². The van der Waals surface area contributed by atoms with Crippen molar-refractivity contribution in [2.75, 3.05) is 12.4 Å². The second-order valence-electron chi connectivity index (χ2n) is 11.2. The number of nitrogens with one attached hydrogen (secondary N) is 2. The molecule has 2 saturated carbocycles. The first kappa shape index (κ1) is 25.7. The number of carbonyl (C=O) groups is 1. The van der Waals surface area contributed by atoms with Gasteiger partial charge in [0, 0.05) is 35.9 Å². The van der Waals surface area contributed by atoms with Crippen molar-refractivity contribution in [3.05, 3.63) is 29.1 Å². The molecule has 1 amide bonds. The van der Waals surface area contributed by atoms with Crippen LogP contribution in [0, 0.1) is 22.6 Å². The minimum atomic E-state index is -1.14. The van der Waals surface area contributed by atoms with E-state index in [1.165, 1.54) is 6.07 Å². The van der Waals surface area contributed by atoms with Gasteiger partial charge in [-0.3, -0.25) is 4.79 Å². The highest BCUT2D eigenvalue weighted by Crippen LogP contribution is 2.46. The number of halogens is 1. The summed E-state index contributed by atoms with van der Waals surface area (Å²) in [6.07, 6.45) is 4.62. The maximum absolute atomic E-state index is 14.9. The Hall–Kier alpha value is -1.95. The summed E-state index contributed by atoms with van der Waals surface area (Å²) in [4.78, 5) is 16.0. The average molecular weight is 460 g/mol. The summed E-state index contributed by atoms with van der Waals surface area (Å²) in [7, 11) is 1.77. The lowest BCUT2D eigenvalue weighted by Crippen LogP contribution is -2.56. The van der Waals surface area contributed by atoms with E-state index in [2.05, 4.69) is 12.2 Å². The molecule has 2 aliphatic rings. The van der Waals surface area contributed by atoms with Crippen molar-refractivity contribution in [1.29, 1.82) is 5.41 Å². The molecule has 184 valence electrons. The molecular formula is C27H42FN3O2. The van der Waals surface area contributed by atoms with Crippen molar-refractivity contribution in [3.63, 3.8) is 0 Å². The van der Waals surface area contributed by atoms with E-state index >= 15 is 0 Å². The highest BCUT2D eigenvalue weighted by Gasteiger charge is 2.46. The van der Waals surface area contributed by atoms with Crippen molar-refractivity contribution < 1.29 is 14.3 Å². The van der Waals surface area contributed by atoms with Gasteiger partial charge >= 0.3 is 0 Å². The van der Waals surface area contributed by atoms with Crippen LogP contribution in [0.4, 0.5) is 10.1 Å². The van der Waals surface area contributed by atoms with Crippen LogP contribution < -0.4 is 5.32 Å². The third-order valence-electron chi connectivity index (χ3n) is 7.72. The molecular weight excluding hydrogens is 417 g/mol. The topological polar surface area (TPSA) is 76.4 Å². The summed E-state index contributed by atoms with van der Waals surface area (Å²) in [5.74, 6) is -0.00662. The van der Waals surface area contributed by atoms with Gasteiger partial charge < -0.3 is 20.7 Å². The van der Waals surface area contributed by atoms with E-state index in [1.54, 1.807) is 27.0 Å². The number of hydrogen-bond acceptors (Lipinski definition) is 4. The predicted molar refractivity (Wildman–Crippen MR) is 133 cm³/mol. The van der Waals surface area contributed by atoms with Crippen LogP contribution >= 0.6 is 0 Å². The quantitative estimate of drug-likeness (QED) is 0.436. The number of nitrogens with zero attached hydrogens (tertiary/aromatic N) is 1. The van der Waals surface area contributed by atoms with E-state index in [-0.39, 0.29) is 35.4 Å². The first-order chi connectivity index (χ1) is 15.4. The predicted octanol–water partition coefficient (Wildman–Crippen LogP) is 5.71. The van der Waals surface area contributed by atoms with Gasteiger partial charge in [0.2, 0.25) is 5.91 Å². The molecule has 6 heteroatoms. The SMILES string of the molecule is CCC1(O)CC(C)CC(N(C(=O)C(C)(C)C(=N)c2c(NC)ccc(F)c2C2CC2)C(C)C)C1. The molecule has 0 aliphatic heterocycles. The van der Waals surface area contributed by atoms with Gasteiger partial charge in [-0.1, -0.05) is 13.8 Å². The van der Waals surface area contributed by atoms with Crippen molar-refractivity contribution in [2.45, 2.75) is 104 Å². The Morgan fingerprint density at radius 3 is 2.48 bits per heavy atom. The number of carbonyl (C=O) groups excluding carboxylic acids is 1. The van der Waals surface area contributed by atoms with Crippen LogP contribution in [0.1, 0.15) is 97.1 Å². The third-order valence-corrected chi connectivity index (χ3v) is 7.72. The molecule has 0 radical (unpaired) electrons. The fourth-order valence-electron chi connectivity index (χ4n) is 5.71.